The molecule has 0 spiro atoms. The van der Waals surface area contributed by atoms with Gasteiger partial charge in [-0.25, -0.2) is 0 Å². The van der Waals surface area contributed by atoms with Crippen molar-refractivity contribution in [2.24, 2.45) is 0 Å². The molecule has 0 radical (unpaired) electrons. The molecule has 0 aromatic rings. The SMILES string of the molecule is OCNCCNCCNCO. The largest absolute Gasteiger partial charge is 0.381 e. The summed E-state index contributed by atoms with van der Waals surface area (Å²) in [5.74, 6) is 0. The van der Waals surface area contributed by atoms with Gasteiger partial charge in [0.15, 0.2) is 0 Å². The van der Waals surface area contributed by atoms with Crippen molar-refractivity contribution in [3.8, 4) is 0 Å². The van der Waals surface area contributed by atoms with Gasteiger partial charge in [0.25, 0.3) is 0 Å². The van der Waals surface area contributed by atoms with E-state index in [1.807, 2.05) is 0 Å². The molecule has 0 rings (SSSR count). The smallest absolute Gasteiger partial charge is 0.0931 e. The molecular weight excluding hydrogens is 146 g/mol. The van der Waals surface area contributed by atoms with Crippen LogP contribution < -0.4 is 16.0 Å². The third kappa shape index (κ3) is 9.80. The second-order valence-corrected chi connectivity index (χ2v) is 2.07. The van der Waals surface area contributed by atoms with Crippen molar-refractivity contribution in [3.05, 3.63) is 0 Å². The van der Waals surface area contributed by atoms with Crippen LogP contribution in [0.3, 0.4) is 0 Å². The highest BCUT2D eigenvalue weighted by atomic mass is 16.3. The molecule has 0 bridgehead atoms. The van der Waals surface area contributed by atoms with Crippen molar-refractivity contribution < 1.29 is 10.2 Å². The molecule has 11 heavy (non-hydrogen) atoms. The summed E-state index contributed by atoms with van der Waals surface area (Å²) < 4.78 is 0. The molecule has 5 N–H and O–H groups in total. The second kappa shape index (κ2) is 9.80. The summed E-state index contributed by atoms with van der Waals surface area (Å²) in [7, 11) is 0. The van der Waals surface area contributed by atoms with Crippen LogP contribution in [0.2, 0.25) is 0 Å². The standard InChI is InChI=1S/C6H17N3O2/c10-5-8-3-1-7-2-4-9-6-11/h7-11H,1-6H2. The zero-order chi connectivity index (χ0) is 8.36. The van der Waals surface area contributed by atoms with Gasteiger partial charge in [0.1, 0.15) is 0 Å². The monoisotopic (exact) mass is 163 g/mol. The zero-order valence-corrected chi connectivity index (χ0v) is 6.64. The fourth-order valence-electron chi connectivity index (χ4n) is 0.637. The van der Waals surface area contributed by atoms with E-state index in [9.17, 15) is 0 Å². The predicted octanol–water partition coefficient (Wildman–Crippen LogP) is -2.35. The lowest BCUT2D eigenvalue weighted by molar-refractivity contribution is 0.257. The van der Waals surface area contributed by atoms with Gasteiger partial charge >= 0.3 is 0 Å². The lowest BCUT2D eigenvalue weighted by Gasteiger charge is -2.04. The Morgan fingerprint density at radius 1 is 0.636 bits per heavy atom. The van der Waals surface area contributed by atoms with E-state index in [4.69, 9.17) is 10.2 Å². The van der Waals surface area contributed by atoms with Crippen LogP contribution in [0.15, 0.2) is 0 Å². The number of aliphatic hydroxyl groups is 2. The predicted molar refractivity (Wildman–Crippen MR) is 43.0 cm³/mol. The molecule has 0 atom stereocenters. The fraction of sp³-hybridized carbons (Fsp3) is 1.00. The highest BCUT2D eigenvalue weighted by Gasteiger charge is 1.85. The van der Waals surface area contributed by atoms with E-state index < -0.39 is 0 Å². The molecule has 0 aromatic heterocycles. The van der Waals surface area contributed by atoms with Crippen LogP contribution in [0.5, 0.6) is 0 Å². The van der Waals surface area contributed by atoms with Crippen molar-refractivity contribution >= 4 is 0 Å². The topological polar surface area (TPSA) is 76.5 Å². The molecule has 0 aliphatic heterocycles. The first-order chi connectivity index (χ1) is 5.41. The van der Waals surface area contributed by atoms with Crippen LogP contribution >= 0.6 is 0 Å². The molecule has 0 aliphatic carbocycles. The van der Waals surface area contributed by atoms with E-state index in [1.165, 1.54) is 0 Å². The lowest BCUT2D eigenvalue weighted by Crippen LogP contribution is -2.33. The summed E-state index contributed by atoms with van der Waals surface area (Å²) >= 11 is 0. The van der Waals surface area contributed by atoms with Crippen LogP contribution in [0.25, 0.3) is 0 Å². The Labute approximate surface area is 66.8 Å². The van der Waals surface area contributed by atoms with E-state index in [-0.39, 0.29) is 13.5 Å². The fourth-order valence-corrected chi connectivity index (χ4v) is 0.637. The quantitative estimate of drug-likeness (QED) is 0.205. The molecule has 5 nitrogen and oxygen atoms in total. The van der Waals surface area contributed by atoms with Crippen molar-refractivity contribution in [1.82, 2.24) is 16.0 Å². The van der Waals surface area contributed by atoms with Crippen molar-refractivity contribution in [3.63, 3.8) is 0 Å². The summed E-state index contributed by atoms with van der Waals surface area (Å²) in [6.45, 7) is 3.22. The Kier molecular flexibility index (Phi) is 9.62. The molecule has 68 valence electrons. The number of aliphatic hydroxyl groups excluding tert-OH is 2. The molecule has 0 amide bonds. The van der Waals surface area contributed by atoms with Gasteiger partial charge in [-0.05, 0) is 0 Å². The average molecular weight is 163 g/mol. The maximum absolute atomic E-state index is 8.32. The molecule has 5 heteroatoms. The third-order valence-corrected chi connectivity index (χ3v) is 1.18. The summed E-state index contributed by atoms with van der Waals surface area (Å²) in [6, 6.07) is 0. The van der Waals surface area contributed by atoms with Gasteiger partial charge in [-0.15, -0.1) is 0 Å². The molecule has 0 aliphatic rings. The van der Waals surface area contributed by atoms with Gasteiger partial charge in [0.05, 0.1) is 13.5 Å². The zero-order valence-electron chi connectivity index (χ0n) is 6.64. The van der Waals surface area contributed by atoms with E-state index in [0.717, 1.165) is 26.2 Å². The lowest BCUT2D eigenvalue weighted by atomic mass is 10.5. The van der Waals surface area contributed by atoms with Gasteiger partial charge in [0.2, 0.25) is 0 Å². The van der Waals surface area contributed by atoms with Gasteiger partial charge in [-0.2, -0.15) is 0 Å². The minimum absolute atomic E-state index is 0.0244. The molecule has 0 saturated carbocycles. The van der Waals surface area contributed by atoms with Gasteiger partial charge in [-0.3, -0.25) is 10.6 Å². The van der Waals surface area contributed by atoms with Gasteiger partial charge in [0, 0.05) is 26.2 Å². The Bertz CT molecular complexity index is 64.8. The minimum Gasteiger partial charge on any atom is -0.381 e. The molecule has 0 saturated heterocycles. The molecule has 0 unspecified atom stereocenters. The van der Waals surface area contributed by atoms with Crippen LogP contribution in [0.1, 0.15) is 0 Å². The second-order valence-electron chi connectivity index (χ2n) is 2.07. The van der Waals surface area contributed by atoms with E-state index in [1.54, 1.807) is 0 Å². The summed E-state index contributed by atoms with van der Waals surface area (Å²) in [6.07, 6.45) is 0. The van der Waals surface area contributed by atoms with E-state index >= 15 is 0 Å². The average Bonchev–Trinajstić information content (AvgIpc) is 2.03. The molecule has 0 aromatic carbocycles. The summed E-state index contributed by atoms with van der Waals surface area (Å²) in [4.78, 5) is 0. The Balaban J connectivity index is 2.69. The first-order valence-electron chi connectivity index (χ1n) is 3.75. The maximum Gasteiger partial charge on any atom is 0.0931 e. The third-order valence-electron chi connectivity index (χ3n) is 1.18. The molecular formula is C6H17N3O2. The van der Waals surface area contributed by atoms with Gasteiger partial charge in [-0.1, -0.05) is 0 Å². The first-order valence-corrected chi connectivity index (χ1v) is 3.75. The number of rotatable bonds is 8. The highest BCUT2D eigenvalue weighted by molar-refractivity contribution is 4.50. The van der Waals surface area contributed by atoms with Crippen molar-refractivity contribution in [2.75, 3.05) is 39.6 Å². The molecule has 0 fully saturated rings. The Morgan fingerprint density at radius 2 is 1.00 bits per heavy atom. The Hall–Kier alpha value is -0.200. The minimum atomic E-state index is 0.0244. The molecule has 0 heterocycles. The maximum atomic E-state index is 8.32. The van der Waals surface area contributed by atoms with Crippen LogP contribution in [-0.4, -0.2) is 49.9 Å². The van der Waals surface area contributed by atoms with E-state index in [2.05, 4.69) is 16.0 Å². The Morgan fingerprint density at radius 3 is 1.36 bits per heavy atom. The van der Waals surface area contributed by atoms with Gasteiger partial charge < -0.3 is 15.5 Å². The highest BCUT2D eigenvalue weighted by Crippen LogP contribution is 1.58. The van der Waals surface area contributed by atoms with Crippen LogP contribution in [-0.2, 0) is 0 Å². The first kappa shape index (κ1) is 10.8. The van der Waals surface area contributed by atoms with Crippen molar-refractivity contribution in [1.29, 1.82) is 0 Å². The van der Waals surface area contributed by atoms with Crippen molar-refractivity contribution in [2.45, 2.75) is 0 Å². The summed E-state index contributed by atoms with van der Waals surface area (Å²) in [5, 5.41) is 25.3. The summed E-state index contributed by atoms with van der Waals surface area (Å²) in [5.41, 5.74) is 0. The number of hydrogen-bond acceptors (Lipinski definition) is 5. The number of hydrogen-bond donors (Lipinski definition) is 5. The number of nitrogens with one attached hydrogen (secondary N) is 3. The van der Waals surface area contributed by atoms with E-state index in [0.29, 0.717) is 0 Å². The van der Waals surface area contributed by atoms with Crippen LogP contribution in [0.4, 0.5) is 0 Å². The van der Waals surface area contributed by atoms with Crippen LogP contribution in [0, 0.1) is 0 Å². The normalized spacial score (nSPS) is 10.4.